The second-order valence-corrected chi connectivity index (χ2v) is 2.64. The summed E-state index contributed by atoms with van der Waals surface area (Å²) in [4.78, 5) is 0. The number of aromatic nitrogens is 3. The van der Waals surface area contributed by atoms with Crippen molar-refractivity contribution < 1.29 is 4.73 Å². The molecule has 2 heterocycles. The lowest BCUT2D eigenvalue weighted by molar-refractivity contribution is -0.605. The monoisotopic (exact) mass is 176 g/mol. The first kappa shape index (κ1) is 7.60. The first-order valence-corrected chi connectivity index (χ1v) is 3.75. The summed E-state index contributed by atoms with van der Waals surface area (Å²) in [6.07, 6.45) is 6.01. The van der Waals surface area contributed by atoms with Crippen LogP contribution in [0.25, 0.3) is 5.69 Å². The van der Waals surface area contributed by atoms with E-state index in [2.05, 4.69) is 5.10 Å². The molecule has 66 valence electrons. The van der Waals surface area contributed by atoms with Crippen LogP contribution in [0.2, 0.25) is 0 Å². The summed E-state index contributed by atoms with van der Waals surface area (Å²) in [6.45, 7) is 0. The maximum Gasteiger partial charge on any atom is 0.206 e. The lowest BCUT2D eigenvalue weighted by Crippen LogP contribution is -2.25. The summed E-state index contributed by atoms with van der Waals surface area (Å²) < 4.78 is 2.26. The zero-order valence-corrected chi connectivity index (χ0v) is 6.79. The summed E-state index contributed by atoms with van der Waals surface area (Å²) in [5, 5.41) is 14.9. The Bertz CT molecular complexity index is 424. The summed E-state index contributed by atoms with van der Waals surface area (Å²) in [7, 11) is 0. The van der Waals surface area contributed by atoms with E-state index in [9.17, 15) is 5.21 Å². The molecule has 2 aromatic rings. The van der Waals surface area contributed by atoms with Gasteiger partial charge in [-0.15, -0.1) is 0 Å². The van der Waals surface area contributed by atoms with Gasteiger partial charge in [0.15, 0.2) is 6.20 Å². The first-order chi connectivity index (χ1) is 6.25. The Kier molecular flexibility index (Phi) is 1.63. The standard InChI is InChI=1S/C8H8N4O/c9-7-4-10-12(5-7)8-2-1-3-11(13)6-8/h1-6H,9H2. The zero-order chi connectivity index (χ0) is 9.26. The molecule has 2 rings (SSSR count). The molecule has 0 aromatic carbocycles. The van der Waals surface area contributed by atoms with E-state index < -0.39 is 0 Å². The molecule has 0 amide bonds. The van der Waals surface area contributed by atoms with Gasteiger partial charge >= 0.3 is 0 Å². The molecule has 0 saturated carbocycles. The Labute approximate surface area is 74.6 Å². The van der Waals surface area contributed by atoms with E-state index in [1.54, 1.807) is 23.0 Å². The van der Waals surface area contributed by atoms with Gasteiger partial charge in [-0.1, -0.05) is 0 Å². The Morgan fingerprint density at radius 1 is 1.54 bits per heavy atom. The Balaban J connectivity index is 2.46. The van der Waals surface area contributed by atoms with Gasteiger partial charge in [0.25, 0.3) is 0 Å². The van der Waals surface area contributed by atoms with Gasteiger partial charge in [0.1, 0.15) is 5.69 Å². The lowest BCUT2D eigenvalue weighted by Gasteiger charge is -1.99. The van der Waals surface area contributed by atoms with Crippen LogP contribution in [0.3, 0.4) is 0 Å². The predicted molar refractivity (Wildman–Crippen MR) is 46.9 cm³/mol. The number of pyridine rings is 1. The molecular formula is C8H8N4O. The number of hydrogen-bond donors (Lipinski definition) is 1. The fourth-order valence-corrected chi connectivity index (χ4v) is 1.06. The van der Waals surface area contributed by atoms with Crippen LogP contribution in [0.4, 0.5) is 5.69 Å². The van der Waals surface area contributed by atoms with Crippen LogP contribution in [-0.4, -0.2) is 9.78 Å². The molecule has 0 bridgehead atoms. The van der Waals surface area contributed by atoms with E-state index in [4.69, 9.17) is 5.73 Å². The van der Waals surface area contributed by atoms with Crippen LogP contribution in [0, 0.1) is 5.21 Å². The molecule has 13 heavy (non-hydrogen) atoms. The molecule has 0 radical (unpaired) electrons. The molecule has 5 heteroatoms. The van der Waals surface area contributed by atoms with Crippen LogP contribution < -0.4 is 10.5 Å². The van der Waals surface area contributed by atoms with Crippen molar-refractivity contribution in [3.8, 4) is 5.69 Å². The number of nitrogens with zero attached hydrogens (tertiary/aromatic N) is 3. The summed E-state index contributed by atoms with van der Waals surface area (Å²) in [6, 6.07) is 3.43. The minimum Gasteiger partial charge on any atom is -0.619 e. The van der Waals surface area contributed by atoms with Crippen LogP contribution >= 0.6 is 0 Å². The third-order valence-corrected chi connectivity index (χ3v) is 1.63. The molecule has 2 N–H and O–H groups in total. The van der Waals surface area contributed by atoms with E-state index >= 15 is 0 Å². The van der Waals surface area contributed by atoms with Crippen molar-refractivity contribution in [3.63, 3.8) is 0 Å². The van der Waals surface area contributed by atoms with Crippen molar-refractivity contribution in [2.24, 2.45) is 0 Å². The lowest BCUT2D eigenvalue weighted by atomic mass is 10.4. The topological polar surface area (TPSA) is 70.8 Å². The van der Waals surface area contributed by atoms with Crippen LogP contribution in [-0.2, 0) is 0 Å². The van der Waals surface area contributed by atoms with Gasteiger partial charge in [0.2, 0.25) is 6.20 Å². The molecule has 0 aliphatic carbocycles. The zero-order valence-electron chi connectivity index (χ0n) is 6.79. The van der Waals surface area contributed by atoms with Crippen molar-refractivity contribution >= 4 is 5.69 Å². The predicted octanol–water partition coefficient (Wildman–Crippen LogP) is 0.0879. The highest BCUT2D eigenvalue weighted by molar-refractivity contribution is 5.35. The van der Waals surface area contributed by atoms with Crippen molar-refractivity contribution in [3.05, 3.63) is 42.1 Å². The van der Waals surface area contributed by atoms with Crippen LogP contribution in [0.1, 0.15) is 0 Å². The van der Waals surface area contributed by atoms with E-state index in [0.29, 0.717) is 16.1 Å². The molecule has 0 aliphatic heterocycles. The quantitative estimate of drug-likeness (QED) is 0.494. The molecule has 0 spiro atoms. The third-order valence-electron chi connectivity index (χ3n) is 1.63. The maximum atomic E-state index is 10.9. The van der Waals surface area contributed by atoms with Gasteiger partial charge in [0.05, 0.1) is 18.1 Å². The summed E-state index contributed by atoms with van der Waals surface area (Å²) >= 11 is 0. The van der Waals surface area contributed by atoms with Crippen LogP contribution in [0.5, 0.6) is 0 Å². The molecule has 0 saturated heterocycles. The largest absolute Gasteiger partial charge is 0.619 e. The minimum absolute atomic E-state index is 0.571. The molecule has 5 nitrogen and oxygen atoms in total. The average Bonchev–Trinajstić information content (AvgIpc) is 2.52. The SMILES string of the molecule is Nc1cnn(-c2ccc[n+]([O-])c2)c1. The van der Waals surface area contributed by atoms with Gasteiger partial charge in [0, 0.05) is 6.07 Å². The smallest absolute Gasteiger partial charge is 0.206 e. The first-order valence-electron chi connectivity index (χ1n) is 3.75. The summed E-state index contributed by atoms with van der Waals surface area (Å²) in [5.41, 5.74) is 6.75. The van der Waals surface area contributed by atoms with Gasteiger partial charge in [-0.2, -0.15) is 9.83 Å². The van der Waals surface area contributed by atoms with E-state index in [1.165, 1.54) is 18.6 Å². The Morgan fingerprint density at radius 2 is 2.38 bits per heavy atom. The Hall–Kier alpha value is -2.04. The number of rotatable bonds is 1. The van der Waals surface area contributed by atoms with Gasteiger partial charge in [-0.3, -0.25) is 0 Å². The van der Waals surface area contributed by atoms with Gasteiger partial charge < -0.3 is 10.9 Å². The average molecular weight is 176 g/mol. The fraction of sp³-hybridized carbons (Fsp3) is 0. The molecular weight excluding hydrogens is 168 g/mol. The number of nitrogens with two attached hydrogens (primary N) is 1. The van der Waals surface area contributed by atoms with Crippen molar-refractivity contribution in [2.75, 3.05) is 5.73 Å². The fourth-order valence-electron chi connectivity index (χ4n) is 1.06. The van der Waals surface area contributed by atoms with Crippen molar-refractivity contribution in [1.82, 2.24) is 9.78 Å². The molecule has 0 aliphatic rings. The second kappa shape index (κ2) is 2.78. The van der Waals surface area contributed by atoms with E-state index in [-0.39, 0.29) is 0 Å². The normalized spacial score (nSPS) is 10.2. The molecule has 2 aromatic heterocycles. The maximum absolute atomic E-state index is 10.9. The highest BCUT2D eigenvalue weighted by Crippen LogP contribution is 2.05. The van der Waals surface area contributed by atoms with Crippen molar-refractivity contribution in [1.29, 1.82) is 0 Å². The number of nitrogen functional groups attached to an aromatic ring is 1. The Morgan fingerprint density at radius 3 is 3.00 bits per heavy atom. The number of anilines is 1. The molecule has 0 fully saturated rings. The van der Waals surface area contributed by atoms with Crippen molar-refractivity contribution in [2.45, 2.75) is 0 Å². The number of hydrogen-bond acceptors (Lipinski definition) is 3. The highest BCUT2D eigenvalue weighted by Gasteiger charge is 2.00. The highest BCUT2D eigenvalue weighted by atomic mass is 16.5. The second-order valence-electron chi connectivity index (χ2n) is 2.64. The van der Waals surface area contributed by atoms with Gasteiger partial charge in [-0.05, 0) is 6.07 Å². The molecule has 0 unspecified atom stereocenters. The van der Waals surface area contributed by atoms with E-state index in [1.807, 2.05) is 0 Å². The molecule has 0 atom stereocenters. The minimum atomic E-state index is 0.571. The summed E-state index contributed by atoms with van der Waals surface area (Å²) in [5.74, 6) is 0. The van der Waals surface area contributed by atoms with Crippen LogP contribution in [0.15, 0.2) is 36.9 Å². The third kappa shape index (κ3) is 1.44. The van der Waals surface area contributed by atoms with E-state index in [0.717, 1.165) is 0 Å². The van der Waals surface area contributed by atoms with Gasteiger partial charge in [-0.25, -0.2) is 4.68 Å².